The second kappa shape index (κ2) is 9.51. The van der Waals surface area contributed by atoms with E-state index in [0.717, 1.165) is 0 Å². The van der Waals surface area contributed by atoms with Crippen molar-refractivity contribution in [3.63, 3.8) is 0 Å². The van der Waals surface area contributed by atoms with Crippen LogP contribution in [0.3, 0.4) is 0 Å². The van der Waals surface area contributed by atoms with Gasteiger partial charge >= 0.3 is 0 Å². The van der Waals surface area contributed by atoms with Crippen molar-refractivity contribution in [3.8, 4) is 0 Å². The molecule has 0 aromatic heterocycles. The Morgan fingerprint density at radius 2 is 1.52 bits per heavy atom. The fourth-order valence-electron chi connectivity index (χ4n) is 3.71. The molecule has 0 aromatic carbocycles. The number of hydrogen-bond donors (Lipinski definition) is 5. The Balaban J connectivity index is 1.88. The van der Waals surface area contributed by atoms with Crippen molar-refractivity contribution in [2.75, 3.05) is 26.2 Å². The van der Waals surface area contributed by atoms with Gasteiger partial charge in [0.2, 0.25) is 23.6 Å². The molecular formula is C18H31N5O6. The maximum absolute atomic E-state index is 12.8. The lowest BCUT2D eigenvalue weighted by molar-refractivity contribution is -0.136. The van der Waals surface area contributed by atoms with E-state index < -0.39 is 42.0 Å². The molecule has 0 saturated carbocycles. The number of rotatable bonds is 7. The molecule has 1 unspecified atom stereocenters. The van der Waals surface area contributed by atoms with E-state index in [1.807, 2.05) is 0 Å². The van der Waals surface area contributed by atoms with Gasteiger partial charge in [0.25, 0.3) is 0 Å². The summed E-state index contributed by atoms with van der Waals surface area (Å²) in [7, 11) is 0. The molecule has 7 N–H and O–H groups in total. The highest BCUT2D eigenvalue weighted by Crippen LogP contribution is 2.24. The first-order valence-corrected chi connectivity index (χ1v) is 9.81. The second-order valence-corrected chi connectivity index (χ2v) is 7.94. The van der Waals surface area contributed by atoms with E-state index in [9.17, 15) is 29.4 Å². The fraction of sp³-hybridized carbons (Fsp3) is 0.778. The molecule has 4 amide bonds. The summed E-state index contributed by atoms with van der Waals surface area (Å²) in [5.41, 5.74) is 10.9. The highest BCUT2D eigenvalue weighted by Gasteiger charge is 2.39. The summed E-state index contributed by atoms with van der Waals surface area (Å²) in [5, 5.41) is 21.5. The molecule has 2 aliphatic rings. The molecule has 2 fully saturated rings. The van der Waals surface area contributed by atoms with Crippen molar-refractivity contribution >= 4 is 23.6 Å². The summed E-state index contributed by atoms with van der Waals surface area (Å²) in [6.07, 6.45) is -1.16. The van der Waals surface area contributed by atoms with E-state index in [1.165, 1.54) is 18.7 Å². The lowest BCUT2D eigenvalue weighted by Gasteiger charge is -2.24. The Kier molecular flexibility index (Phi) is 7.55. The van der Waals surface area contributed by atoms with Crippen LogP contribution in [0, 0.1) is 11.8 Å². The Morgan fingerprint density at radius 3 is 2.07 bits per heavy atom. The molecule has 0 radical (unpaired) electrons. The second-order valence-electron chi connectivity index (χ2n) is 7.94. The molecule has 0 bridgehead atoms. The summed E-state index contributed by atoms with van der Waals surface area (Å²) in [6.45, 7) is 4.02. The van der Waals surface area contributed by atoms with Gasteiger partial charge in [0.15, 0.2) is 0 Å². The number of aliphatic hydroxyl groups excluding tert-OH is 2. The molecule has 11 heteroatoms. The molecule has 29 heavy (non-hydrogen) atoms. The standard InChI is InChI=1S/C18H31N5O6/c1-9(24)13(19)18(29)23-6-4-12(8-23)17(28)22-5-3-11(7-22)16(27)21-14(10(2)25)15(20)26/h9-14,24-25H,3-8,19H2,1-2H3,(H2,20,26)(H,21,27)/t9?,10-,11-,12-,13+,14+/m1/s1. The van der Waals surface area contributed by atoms with Crippen LogP contribution in [0.5, 0.6) is 0 Å². The number of amides is 4. The maximum atomic E-state index is 12.8. The van der Waals surface area contributed by atoms with Crippen LogP contribution < -0.4 is 16.8 Å². The molecule has 2 saturated heterocycles. The van der Waals surface area contributed by atoms with Crippen LogP contribution >= 0.6 is 0 Å². The van der Waals surface area contributed by atoms with Crippen LogP contribution in [0.1, 0.15) is 26.7 Å². The van der Waals surface area contributed by atoms with Gasteiger partial charge in [-0.3, -0.25) is 19.2 Å². The Morgan fingerprint density at radius 1 is 0.966 bits per heavy atom. The third-order valence-electron chi connectivity index (χ3n) is 5.61. The van der Waals surface area contributed by atoms with Gasteiger partial charge in [-0.25, -0.2) is 0 Å². The van der Waals surface area contributed by atoms with E-state index in [0.29, 0.717) is 25.9 Å². The minimum atomic E-state index is -1.18. The topological polar surface area (TPSA) is 179 Å². The lowest BCUT2D eigenvalue weighted by atomic mass is 10.1. The van der Waals surface area contributed by atoms with Crippen LogP contribution in [0.15, 0.2) is 0 Å². The first-order chi connectivity index (χ1) is 13.5. The highest BCUT2D eigenvalue weighted by atomic mass is 16.3. The lowest BCUT2D eigenvalue weighted by Crippen LogP contribution is -2.52. The van der Waals surface area contributed by atoms with Crippen LogP contribution in [0.25, 0.3) is 0 Å². The van der Waals surface area contributed by atoms with Crippen molar-refractivity contribution in [3.05, 3.63) is 0 Å². The number of hydrogen-bond acceptors (Lipinski definition) is 7. The molecule has 0 aliphatic carbocycles. The third-order valence-corrected chi connectivity index (χ3v) is 5.61. The van der Waals surface area contributed by atoms with E-state index >= 15 is 0 Å². The van der Waals surface area contributed by atoms with Gasteiger partial charge in [-0.2, -0.15) is 0 Å². The molecule has 0 aromatic rings. The van der Waals surface area contributed by atoms with Crippen LogP contribution in [0.4, 0.5) is 0 Å². The molecule has 2 heterocycles. The number of nitrogens with zero attached hydrogens (tertiary/aromatic N) is 2. The minimum Gasteiger partial charge on any atom is -0.391 e. The van der Waals surface area contributed by atoms with Gasteiger partial charge in [-0.05, 0) is 26.7 Å². The van der Waals surface area contributed by atoms with E-state index in [2.05, 4.69) is 5.32 Å². The Hall–Kier alpha value is -2.24. The maximum Gasteiger partial charge on any atom is 0.242 e. The van der Waals surface area contributed by atoms with Crippen molar-refractivity contribution in [1.82, 2.24) is 15.1 Å². The fourth-order valence-corrected chi connectivity index (χ4v) is 3.71. The number of likely N-dealkylation sites (tertiary alicyclic amines) is 2. The number of carbonyl (C=O) groups excluding carboxylic acids is 4. The molecule has 0 spiro atoms. The number of primary amides is 1. The van der Waals surface area contributed by atoms with Gasteiger partial charge in [0.1, 0.15) is 12.1 Å². The molecule has 11 nitrogen and oxygen atoms in total. The Labute approximate surface area is 169 Å². The average molecular weight is 413 g/mol. The molecule has 164 valence electrons. The SMILES string of the molecule is CC(O)[C@H](N)C(=O)N1CC[C@@H](C(=O)N2CC[C@@H](C(=O)N[C@H](C(N)=O)[C@@H](C)O)C2)C1. The van der Waals surface area contributed by atoms with Crippen LogP contribution in [0.2, 0.25) is 0 Å². The zero-order chi connectivity index (χ0) is 21.9. The van der Waals surface area contributed by atoms with Crippen LogP contribution in [-0.2, 0) is 19.2 Å². The molecule has 2 aliphatic heterocycles. The first-order valence-electron chi connectivity index (χ1n) is 9.81. The summed E-state index contributed by atoms with van der Waals surface area (Å²) in [4.78, 5) is 51.8. The average Bonchev–Trinajstić information content (AvgIpc) is 3.33. The van der Waals surface area contributed by atoms with Crippen molar-refractivity contribution in [1.29, 1.82) is 0 Å². The van der Waals surface area contributed by atoms with Crippen molar-refractivity contribution < 1.29 is 29.4 Å². The minimum absolute atomic E-state index is 0.136. The normalized spacial score (nSPS) is 26.0. The number of carbonyl (C=O) groups is 4. The van der Waals surface area contributed by atoms with E-state index in [4.69, 9.17) is 11.5 Å². The first kappa shape index (κ1) is 23.0. The van der Waals surface area contributed by atoms with Crippen molar-refractivity contribution in [2.45, 2.75) is 51.0 Å². The highest BCUT2D eigenvalue weighted by molar-refractivity contribution is 5.89. The largest absolute Gasteiger partial charge is 0.391 e. The third kappa shape index (κ3) is 5.43. The summed E-state index contributed by atoms with van der Waals surface area (Å²) >= 11 is 0. The van der Waals surface area contributed by atoms with E-state index in [1.54, 1.807) is 4.90 Å². The summed E-state index contributed by atoms with van der Waals surface area (Å²) in [6, 6.07) is -2.20. The predicted molar refractivity (Wildman–Crippen MR) is 102 cm³/mol. The Bertz CT molecular complexity index is 655. The van der Waals surface area contributed by atoms with Crippen LogP contribution in [-0.4, -0.2) is 94.1 Å². The van der Waals surface area contributed by atoms with Gasteiger partial charge in [-0.15, -0.1) is 0 Å². The van der Waals surface area contributed by atoms with E-state index in [-0.39, 0.29) is 30.8 Å². The molecule has 6 atom stereocenters. The van der Waals surface area contributed by atoms with Gasteiger partial charge in [-0.1, -0.05) is 0 Å². The smallest absolute Gasteiger partial charge is 0.242 e. The van der Waals surface area contributed by atoms with Crippen molar-refractivity contribution in [2.24, 2.45) is 23.3 Å². The van der Waals surface area contributed by atoms with Gasteiger partial charge in [0, 0.05) is 26.2 Å². The predicted octanol–water partition coefficient (Wildman–Crippen LogP) is -3.26. The zero-order valence-electron chi connectivity index (χ0n) is 16.8. The van der Waals surface area contributed by atoms with Gasteiger partial charge < -0.3 is 36.8 Å². The molecular weight excluding hydrogens is 382 g/mol. The summed E-state index contributed by atoms with van der Waals surface area (Å²) in [5.74, 6) is -2.66. The number of nitrogens with two attached hydrogens (primary N) is 2. The zero-order valence-corrected chi connectivity index (χ0v) is 16.8. The quantitative estimate of drug-likeness (QED) is 0.290. The number of aliphatic hydroxyl groups is 2. The molecule has 2 rings (SSSR count). The monoisotopic (exact) mass is 413 g/mol. The van der Waals surface area contributed by atoms with Gasteiger partial charge in [0.05, 0.1) is 24.0 Å². The number of nitrogens with one attached hydrogen (secondary N) is 1. The summed E-state index contributed by atoms with van der Waals surface area (Å²) < 4.78 is 0.